The smallest absolute Gasteiger partial charge is 0.341 e. The number of amides is 1. The van der Waals surface area contributed by atoms with Crippen LogP contribution in [-0.2, 0) is 23.9 Å². The zero-order chi connectivity index (χ0) is 17.7. The molecule has 2 aromatic rings. The van der Waals surface area contributed by atoms with E-state index in [4.69, 9.17) is 0 Å². The van der Waals surface area contributed by atoms with Crippen molar-refractivity contribution in [3.63, 3.8) is 0 Å². The third kappa shape index (κ3) is 5.08. The van der Waals surface area contributed by atoms with Crippen LogP contribution in [0.5, 0.6) is 0 Å². The molecule has 0 bridgehead atoms. The molecule has 0 spiro atoms. The first-order valence-corrected chi connectivity index (χ1v) is 7.40. The van der Waals surface area contributed by atoms with Crippen LogP contribution < -0.4 is 0 Å². The Morgan fingerprint density at radius 1 is 1.04 bits per heavy atom. The van der Waals surface area contributed by atoms with Crippen molar-refractivity contribution in [3.05, 3.63) is 71.0 Å². The van der Waals surface area contributed by atoms with Crippen molar-refractivity contribution in [1.29, 1.82) is 0 Å². The summed E-state index contributed by atoms with van der Waals surface area (Å²) in [5.74, 6) is -0.575. The maximum atomic E-state index is 13.1. The molecule has 2 rings (SSSR count). The number of hydrogen-bond donors (Lipinski definition) is 0. The molecule has 0 aliphatic rings. The summed E-state index contributed by atoms with van der Waals surface area (Å²) in [5, 5.41) is 0. The minimum atomic E-state index is -4.41. The third-order valence-corrected chi connectivity index (χ3v) is 3.62. The molecule has 0 aromatic heterocycles. The first kappa shape index (κ1) is 18.0. The van der Waals surface area contributed by atoms with Gasteiger partial charge in [0.1, 0.15) is 5.82 Å². The lowest BCUT2D eigenvalue weighted by Crippen LogP contribution is -2.26. The van der Waals surface area contributed by atoms with Crippen LogP contribution in [0.2, 0.25) is 0 Å². The van der Waals surface area contributed by atoms with Gasteiger partial charge in [-0.1, -0.05) is 24.3 Å². The average molecular weight is 339 g/mol. The maximum Gasteiger partial charge on any atom is 0.416 e. The van der Waals surface area contributed by atoms with E-state index in [1.54, 1.807) is 18.2 Å². The van der Waals surface area contributed by atoms with Gasteiger partial charge >= 0.3 is 6.18 Å². The Morgan fingerprint density at radius 3 is 2.38 bits per heavy atom. The summed E-state index contributed by atoms with van der Waals surface area (Å²) in [4.78, 5) is 13.5. The Morgan fingerprint density at radius 2 is 1.71 bits per heavy atom. The lowest BCUT2D eigenvalue weighted by Gasteiger charge is -2.18. The van der Waals surface area contributed by atoms with Gasteiger partial charge in [-0.25, -0.2) is 4.39 Å². The monoisotopic (exact) mass is 339 g/mol. The normalized spacial score (nSPS) is 11.4. The second-order valence-electron chi connectivity index (χ2n) is 5.58. The highest BCUT2D eigenvalue weighted by Crippen LogP contribution is 2.29. The molecule has 0 unspecified atom stereocenters. The average Bonchev–Trinajstić information content (AvgIpc) is 2.52. The number of benzene rings is 2. The van der Waals surface area contributed by atoms with Gasteiger partial charge in [0.2, 0.25) is 5.91 Å². The summed E-state index contributed by atoms with van der Waals surface area (Å²) in [6.07, 6.45) is -3.86. The summed E-state index contributed by atoms with van der Waals surface area (Å²) in [5.41, 5.74) is 0.378. The third-order valence-electron chi connectivity index (χ3n) is 3.62. The van der Waals surface area contributed by atoms with Gasteiger partial charge in [0.15, 0.2) is 0 Å². The number of carbonyl (C=O) groups excluding carboxylic acids is 1. The summed E-state index contributed by atoms with van der Waals surface area (Å²) in [7, 11) is 1.54. The number of rotatable bonds is 5. The summed E-state index contributed by atoms with van der Waals surface area (Å²) < 4.78 is 51.2. The number of aryl methyl sites for hydroxylation is 1. The van der Waals surface area contributed by atoms with Crippen molar-refractivity contribution >= 4 is 5.91 Å². The molecular formula is C18H17F4NO. The highest BCUT2D eigenvalue weighted by molar-refractivity contribution is 5.76. The van der Waals surface area contributed by atoms with Crippen LogP contribution in [0.25, 0.3) is 0 Å². The zero-order valence-electron chi connectivity index (χ0n) is 13.1. The van der Waals surface area contributed by atoms with Crippen LogP contribution in [0.15, 0.2) is 48.5 Å². The molecule has 0 saturated carbocycles. The van der Waals surface area contributed by atoms with E-state index in [9.17, 15) is 22.4 Å². The fraction of sp³-hybridized carbons (Fsp3) is 0.278. The molecule has 0 aliphatic heterocycles. The fourth-order valence-corrected chi connectivity index (χ4v) is 2.34. The molecule has 128 valence electrons. The van der Waals surface area contributed by atoms with Crippen LogP contribution in [0.1, 0.15) is 23.1 Å². The molecule has 2 aromatic carbocycles. The minimum Gasteiger partial charge on any atom is -0.341 e. The summed E-state index contributed by atoms with van der Waals surface area (Å²) >= 11 is 0. The molecule has 0 saturated heterocycles. The molecule has 0 fully saturated rings. The lowest BCUT2D eigenvalue weighted by molar-refractivity contribution is -0.137. The molecule has 24 heavy (non-hydrogen) atoms. The standard InChI is InChI=1S/C18H17F4NO/c1-23(12-14-5-2-6-15(10-14)18(20,21)22)17(24)9-8-13-4-3-7-16(19)11-13/h2-7,10-11H,8-9,12H2,1H3. The van der Waals surface area contributed by atoms with Crippen molar-refractivity contribution < 1.29 is 22.4 Å². The Bertz CT molecular complexity index is 712. The van der Waals surface area contributed by atoms with Crippen LogP contribution in [-0.4, -0.2) is 17.9 Å². The number of alkyl halides is 3. The van der Waals surface area contributed by atoms with Gasteiger partial charge < -0.3 is 4.90 Å². The molecule has 0 aliphatic carbocycles. The van der Waals surface area contributed by atoms with Gasteiger partial charge in [-0.05, 0) is 41.8 Å². The SMILES string of the molecule is CN(Cc1cccc(C(F)(F)F)c1)C(=O)CCc1cccc(F)c1. The van der Waals surface area contributed by atoms with Gasteiger partial charge in [0.05, 0.1) is 5.56 Å². The Hall–Kier alpha value is -2.37. The van der Waals surface area contributed by atoms with Crippen molar-refractivity contribution in [1.82, 2.24) is 4.90 Å². The second-order valence-corrected chi connectivity index (χ2v) is 5.58. The molecular weight excluding hydrogens is 322 g/mol. The molecule has 0 radical (unpaired) electrons. The lowest BCUT2D eigenvalue weighted by atomic mass is 10.1. The van der Waals surface area contributed by atoms with Crippen molar-refractivity contribution in [2.45, 2.75) is 25.6 Å². The van der Waals surface area contributed by atoms with E-state index in [0.717, 1.165) is 12.1 Å². The van der Waals surface area contributed by atoms with E-state index in [0.29, 0.717) is 17.5 Å². The molecule has 2 nitrogen and oxygen atoms in total. The number of carbonyl (C=O) groups is 1. The van der Waals surface area contributed by atoms with E-state index in [1.807, 2.05) is 0 Å². The predicted molar refractivity (Wildman–Crippen MR) is 82.6 cm³/mol. The van der Waals surface area contributed by atoms with Gasteiger partial charge in [-0.2, -0.15) is 13.2 Å². The topological polar surface area (TPSA) is 20.3 Å². The molecule has 0 N–H and O–H groups in total. The summed E-state index contributed by atoms with van der Waals surface area (Å²) in [6.45, 7) is 0.0892. The van der Waals surface area contributed by atoms with E-state index >= 15 is 0 Å². The first-order valence-electron chi connectivity index (χ1n) is 7.40. The number of halogens is 4. The summed E-state index contributed by atoms with van der Waals surface area (Å²) in [6, 6.07) is 10.9. The second kappa shape index (κ2) is 7.47. The van der Waals surface area contributed by atoms with E-state index < -0.39 is 11.7 Å². The predicted octanol–water partition coefficient (Wildman–Crippen LogP) is 4.44. The molecule has 0 heterocycles. The van der Waals surface area contributed by atoms with Crippen molar-refractivity contribution in [2.24, 2.45) is 0 Å². The number of hydrogen-bond acceptors (Lipinski definition) is 1. The van der Waals surface area contributed by atoms with Crippen LogP contribution in [0, 0.1) is 5.82 Å². The van der Waals surface area contributed by atoms with Crippen LogP contribution >= 0.6 is 0 Å². The van der Waals surface area contributed by atoms with E-state index in [1.165, 1.54) is 30.1 Å². The zero-order valence-corrected chi connectivity index (χ0v) is 13.1. The van der Waals surface area contributed by atoms with E-state index in [2.05, 4.69) is 0 Å². The maximum absolute atomic E-state index is 13.1. The van der Waals surface area contributed by atoms with Crippen molar-refractivity contribution in [2.75, 3.05) is 7.05 Å². The van der Waals surface area contributed by atoms with Gasteiger partial charge in [0, 0.05) is 20.0 Å². The van der Waals surface area contributed by atoms with E-state index in [-0.39, 0.29) is 24.7 Å². The first-order chi connectivity index (χ1) is 11.3. The minimum absolute atomic E-state index is 0.0892. The van der Waals surface area contributed by atoms with Crippen LogP contribution in [0.3, 0.4) is 0 Å². The Kier molecular flexibility index (Phi) is 5.59. The molecule has 6 heteroatoms. The van der Waals surface area contributed by atoms with Gasteiger partial charge in [-0.15, -0.1) is 0 Å². The Balaban J connectivity index is 1.94. The molecule has 0 atom stereocenters. The highest BCUT2D eigenvalue weighted by atomic mass is 19.4. The quantitative estimate of drug-likeness (QED) is 0.738. The van der Waals surface area contributed by atoms with Crippen molar-refractivity contribution in [3.8, 4) is 0 Å². The fourth-order valence-electron chi connectivity index (χ4n) is 2.34. The van der Waals surface area contributed by atoms with Gasteiger partial charge in [-0.3, -0.25) is 4.79 Å². The Labute approximate surface area is 137 Å². The highest BCUT2D eigenvalue weighted by Gasteiger charge is 2.30. The molecule has 1 amide bonds. The van der Waals surface area contributed by atoms with Crippen LogP contribution in [0.4, 0.5) is 17.6 Å². The van der Waals surface area contributed by atoms with Gasteiger partial charge in [0.25, 0.3) is 0 Å². The number of nitrogens with zero attached hydrogens (tertiary/aromatic N) is 1. The largest absolute Gasteiger partial charge is 0.416 e.